The second kappa shape index (κ2) is 7.71. The van der Waals surface area contributed by atoms with E-state index >= 15 is 0 Å². The molecular weight excluding hydrogens is 450 g/mol. The van der Waals surface area contributed by atoms with Gasteiger partial charge in [0.05, 0.1) is 17.3 Å². The highest BCUT2D eigenvalue weighted by atomic mass is 16.5. The second-order valence-electron chi connectivity index (χ2n) is 12.3. The van der Waals surface area contributed by atoms with E-state index in [9.17, 15) is 10.2 Å². The summed E-state index contributed by atoms with van der Waals surface area (Å²) in [5, 5.41) is 24.6. The van der Waals surface area contributed by atoms with Gasteiger partial charge in [0, 0.05) is 30.5 Å². The normalized spacial score (nSPS) is 43.1. The summed E-state index contributed by atoms with van der Waals surface area (Å²) in [6, 6.07) is 8.76. The molecule has 1 aromatic heterocycles. The van der Waals surface area contributed by atoms with Crippen LogP contribution in [0, 0.1) is 11.3 Å². The molecule has 2 aromatic rings. The summed E-state index contributed by atoms with van der Waals surface area (Å²) in [4.78, 5) is 6.30. The van der Waals surface area contributed by atoms with Crippen LogP contribution in [0.2, 0.25) is 0 Å². The number of hydrogen-bond acceptors (Lipinski definition) is 6. The number of allylic oxidation sites excluding steroid dienone is 1. The molecule has 190 valence electrons. The first-order valence-electron chi connectivity index (χ1n) is 13.5. The smallest absolute Gasteiger partial charge is 0.105 e. The lowest BCUT2D eigenvalue weighted by Crippen LogP contribution is -2.62. The maximum absolute atomic E-state index is 11.2. The van der Waals surface area contributed by atoms with Crippen LogP contribution in [0.5, 0.6) is 0 Å². The van der Waals surface area contributed by atoms with E-state index in [1.165, 1.54) is 21.9 Å². The molecule has 2 bridgehead atoms. The van der Waals surface area contributed by atoms with Crippen molar-refractivity contribution in [2.45, 2.75) is 80.8 Å². The van der Waals surface area contributed by atoms with Crippen molar-refractivity contribution in [3.8, 4) is 0 Å². The minimum Gasteiger partial charge on any atom is -0.388 e. The van der Waals surface area contributed by atoms with Gasteiger partial charge < -0.3 is 20.7 Å². The van der Waals surface area contributed by atoms with Crippen molar-refractivity contribution >= 4 is 10.8 Å². The Hall–Kier alpha value is -2.09. The number of aliphatic hydroxyl groups excluding tert-OH is 2. The fourth-order valence-electron chi connectivity index (χ4n) is 8.85. The third kappa shape index (κ3) is 2.88. The Morgan fingerprint density at radius 3 is 2.86 bits per heavy atom. The van der Waals surface area contributed by atoms with E-state index in [2.05, 4.69) is 48.3 Å². The Labute approximate surface area is 212 Å². The molecule has 36 heavy (non-hydrogen) atoms. The molecule has 3 fully saturated rings. The van der Waals surface area contributed by atoms with Crippen molar-refractivity contribution in [3.63, 3.8) is 0 Å². The Kier molecular flexibility index (Phi) is 4.94. The van der Waals surface area contributed by atoms with E-state index in [0.717, 1.165) is 37.7 Å². The van der Waals surface area contributed by atoms with Gasteiger partial charge in [-0.25, -0.2) is 0 Å². The summed E-state index contributed by atoms with van der Waals surface area (Å²) in [6.07, 6.45) is 12.5. The number of ether oxygens (including phenoxy) is 1. The van der Waals surface area contributed by atoms with Crippen molar-refractivity contribution in [3.05, 3.63) is 65.5 Å². The number of likely N-dealkylation sites (N-methyl/N-ethyl adjacent to an activating group) is 1. The van der Waals surface area contributed by atoms with Crippen LogP contribution in [0.25, 0.3) is 10.8 Å². The van der Waals surface area contributed by atoms with E-state index in [1.54, 1.807) is 0 Å². The summed E-state index contributed by atoms with van der Waals surface area (Å²) >= 11 is 0. The largest absolute Gasteiger partial charge is 0.388 e. The molecule has 6 nitrogen and oxygen atoms in total. The van der Waals surface area contributed by atoms with Gasteiger partial charge in [0.2, 0.25) is 0 Å². The number of nitrogens with two attached hydrogens (primary N) is 1. The highest BCUT2D eigenvalue weighted by molar-refractivity contribution is 5.82. The van der Waals surface area contributed by atoms with E-state index < -0.39 is 17.8 Å². The van der Waals surface area contributed by atoms with Crippen molar-refractivity contribution < 1.29 is 14.9 Å². The van der Waals surface area contributed by atoms with Gasteiger partial charge in [-0.3, -0.25) is 9.88 Å². The molecule has 1 aromatic carbocycles. The highest BCUT2D eigenvalue weighted by Gasteiger charge is 2.68. The summed E-state index contributed by atoms with van der Waals surface area (Å²) in [5.74, 6) is 0.895. The molecule has 8 unspecified atom stereocenters. The molecule has 2 aliphatic heterocycles. The van der Waals surface area contributed by atoms with Gasteiger partial charge in [0.1, 0.15) is 6.10 Å². The number of pyridine rings is 1. The van der Waals surface area contributed by atoms with Gasteiger partial charge in [-0.15, -0.1) is 0 Å². The first-order chi connectivity index (χ1) is 17.3. The van der Waals surface area contributed by atoms with E-state index in [4.69, 9.17) is 10.5 Å². The predicted molar refractivity (Wildman–Crippen MR) is 139 cm³/mol. The van der Waals surface area contributed by atoms with Crippen LogP contribution in [0.4, 0.5) is 0 Å². The number of aromatic nitrogens is 1. The molecule has 1 saturated heterocycles. The Balaban J connectivity index is 1.28. The predicted octanol–water partition coefficient (Wildman–Crippen LogP) is 3.63. The van der Waals surface area contributed by atoms with Crippen LogP contribution in [0.15, 0.2) is 60.0 Å². The van der Waals surface area contributed by atoms with Crippen LogP contribution in [0.3, 0.4) is 0 Å². The maximum atomic E-state index is 11.2. The molecular formula is C30H37N3O3. The molecule has 3 aliphatic carbocycles. The standard InChI is InChI=1S/C30H37N3O3/c1-28-9-7-21-14-23-26(34)27(35)24(33(2)17-31)15-29(23)10-11-30(21,36-29)25(28)6-5-22(28)19-4-3-18-8-12-32-16-20(18)13-19/h3-4,7-8,12-14,16,22,24-27,34-35H,5-6,9-11,15,17,31H2,1-2H3. The average molecular weight is 488 g/mol. The van der Waals surface area contributed by atoms with Gasteiger partial charge in [-0.05, 0) is 97.1 Å². The number of rotatable bonds is 3. The fraction of sp³-hybridized carbons (Fsp3) is 0.567. The van der Waals surface area contributed by atoms with Gasteiger partial charge in [0.15, 0.2) is 0 Å². The number of aliphatic hydroxyl groups is 2. The van der Waals surface area contributed by atoms with Crippen LogP contribution in [-0.4, -0.2) is 63.3 Å². The molecule has 3 heterocycles. The number of benzene rings is 1. The Bertz CT molecular complexity index is 1290. The molecule has 5 aliphatic rings. The van der Waals surface area contributed by atoms with Gasteiger partial charge in [-0.1, -0.05) is 31.2 Å². The topological polar surface area (TPSA) is 91.8 Å². The zero-order valence-electron chi connectivity index (χ0n) is 21.2. The monoisotopic (exact) mass is 487 g/mol. The molecule has 7 rings (SSSR count). The van der Waals surface area contributed by atoms with Gasteiger partial charge >= 0.3 is 0 Å². The third-order valence-corrected chi connectivity index (χ3v) is 10.8. The first-order valence-corrected chi connectivity index (χ1v) is 13.5. The summed E-state index contributed by atoms with van der Waals surface area (Å²) in [5.41, 5.74) is 8.73. The molecule has 6 heteroatoms. The van der Waals surface area contributed by atoms with Crippen LogP contribution in [-0.2, 0) is 4.74 Å². The molecule has 4 N–H and O–H groups in total. The lowest BCUT2D eigenvalue weighted by Gasteiger charge is -2.56. The summed E-state index contributed by atoms with van der Waals surface area (Å²) in [6.45, 7) is 2.81. The molecule has 2 spiro atoms. The SMILES string of the molecule is CN(CN)C1CC23CCC4(O2)C(=CCC2(C)C(c5ccc6ccncc6c5)CCC42)C=C3C(O)C1O. The van der Waals surface area contributed by atoms with Crippen molar-refractivity contribution in [1.29, 1.82) is 0 Å². The van der Waals surface area contributed by atoms with Crippen LogP contribution in [0.1, 0.15) is 56.9 Å². The molecule has 8 atom stereocenters. The zero-order chi connectivity index (χ0) is 24.9. The minimum atomic E-state index is -0.925. The maximum Gasteiger partial charge on any atom is 0.105 e. The number of fused-ring (bicyclic) bond motifs is 2. The van der Waals surface area contributed by atoms with Gasteiger partial charge in [-0.2, -0.15) is 0 Å². The first kappa shape index (κ1) is 23.1. The second-order valence-corrected chi connectivity index (χ2v) is 12.3. The van der Waals surface area contributed by atoms with Crippen LogP contribution < -0.4 is 5.73 Å². The Morgan fingerprint density at radius 2 is 2.03 bits per heavy atom. The summed E-state index contributed by atoms with van der Waals surface area (Å²) in [7, 11) is 1.92. The van der Waals surface area contributed by atoms with Gasteiger partial charge in [0.25, 0.3) is 0 Å². The molecule has 0 amide bonds. The van der Waals surface area contributed by atoms with E-state index in [-0.39, 0.29) is 17.1 Å². The fourth-order valence-corrected chi connectivity index (χ4v) is 8.85. The van der Waals surface area contributed by atoms with Crippen molar-refractivity contribution in [2.75, 3.05) is 13.7 Å². The van der Waals surface area contributed by atoms with Crippen LogP contribution >= 0.6 is 0 Å². The number of nitrogens with zero attached hydrogens (tertiary/aromatic N) is 2. The van der Waals surface area contributed by atoms with E-state index in [1.807, 2.05) is 24.3 Å². The Morgan fingerprint density at radius 1 is 1.17 bits per heavy atom. The van der Waals surface area contributed by atoms with Crippen molar-refractivity contribution in [1.82, 2.24) is 9.88 Å². The average Bonchev–Trinajstić information content (AvgIpc) is 3.41. The quantitative estimate of drug-likeness (QED) is 0.573. The third-order valence-electron chi connectivity index (χ3n) is 10.8. The number of hydrogen-bond donors (Lipinski definition) is 3. The lowest BCUT2D eigenvalue weighted by atomic mass is 9.58. The van der Waals surface area contributed by atoms with E-state index in [0.29, 0.717) is 24.9 Å². The van der Waals surface area contributed by atoms with Crippen molar-refractivity contribution in [2.24, 2.45) is 17.1 Å². The zero-order valence-corrected chi connectivity index (χ0v) is 21.2. The molecule has 2 saturated carbocycles. The summed E-state index contributed by atoms with van der Waals surface area (Å²) < 4.78 is 7.27. The highest BCUT2D eigenvalue weighted by Crippen LogP contribution is 2.69. The molecule has 0 radical (unpaired) electrons. The lowest BCUT2D eigenvalue weighted by molar-refractivity contribution is -0.166. The minimum absolute atomic E-state index is 0.108.